The lowest BCUT2D eigenvalue weighted by atomic mass is 9.95. The Morgan fingerprint density at radius 3 is 2.34 bits per heavy atom. The minimum Gasteiger partial charge on any atom is -0.370 e. The van der Waals surface area contributed by atoms with Gasteiger partial charge in [-0.15, -0.1) is 0 Å². The number of nitrogens with zero attached hydrogens (tertiary/aromatic N) is 7. The molecular weight excluding hydrogens is 756 g/mol. The van der Waals surface area contributed by atoms with Crippen molar-refractivity contribution in [1.29, 1.82) is 5.26 Å². The maximum Gasteiger partial charge on any atom is 0.270 e. The number of anilines is 3. The Morgan fingerprint density at radius 1 is 0.879 bits per heavy atom. The first-order chi connectivity index (χ1) is 28.2. The minimum absolute atomic E-state index is 0.0549. The largest absolute Gasteiger partial charge is 0.370 e. The Bertz CT molecular complexity index is 2280. The molecule has 0 aliphatic carbocycles. The summed E-state index contributed by atoms with van der Waals surface area (Å²) >= 11 is 6.41. The normalized spacial score (nSPS) is 21.0. The number of hydrogen-bond acceptors (Lipinski definition) is 10. The maximum absolute atomic E-state index is 13.2. The summed E-state index contributed by atoms with van der Waals surface area (Å²) in [6, 6.07) is 15.4. The van der Waals surface area contributed by atoms with Crippen LogP contribution in [-0.4, -0.2) is 114 Å². The molecule has 0 radical (unpaired) electrons. The number of imide groups is 1. The van der Waals surface area contributed by atoms with Crippen molar-refractivity contribution in [3.63, 3.8) is 0 Å². The summed E-state index contributed by atoms with van der Waals surface area (Å²) in [6.45, 7) is 8.73. The SMILES string of the molecule is N#Cc1c[nH]c2c(N3CCC(NC(=O)c4ccc(N5CCC(CN6CCN(c7ccc8c(c7)CN(C7CCC(=O)NC7=O)C8=O)CC6)CC5)cn4)CC3)ccc(Cl)c12. The van der Waals surface area contributed by atoms with E-state index in [1.165, 1.54) is 0 Å². The lowest BCUT2D eigenvalue weighted by Gasteiger charge is -2.40. The van der Waals surface area contributed by atoms with E-state index in [0.717, 1.165) is 118 Å². The summed E-state index contributed by atoms with van der Waals surface area (Å²) < 4.78 is 0. The standard InChI is InChI=1S/C43H47ClN10O4/c44-34-4-6-36(40-39(34)29(22-45)23-47-40)53-15-11-30(12-16-53)48-41(56)35-5-2-32(24-46-35)51-13-9-27(10-14-51)25-50-17-19-52(20-18-50)31-1-3-33-28(21-31)26-54(43(33)58)37-7-8-38(55)49-42(37)57/h1-6,21,23-24,27,30,37,47H,7-20,25-26H2,(H,48,56)(H,49,55,57). The van der Waals surface area contributed by atoms with E-state index in [9.17, 15) is 24.4 Å². The second-order valence-corrected chi connectivity index (χ2v) is 16.6. The molecule has 4 fully saturated rings. The van der Waals surface area contributed by atoms with Gasteiger partial charge in [0.15, 0.2) is 0 Å². The molecule has 4 amide bonds. The summed E-state index contributed by atoms with van der Waals surface area (Å²) in [5.74, 6) is -0.328. The highest BCUT2D eigenvalue weighted by atomic mass is 35.5. The molecule has 0 bridgehead atoms. The third-order valence-electron chi connectivity index (χ3n) is 12.8. The van der Waals surface area contributed by atoms with Crippen LogP contribution in [0.15, 0.2) is 54.9 Å². The number of nitriles is 1. The number of fused-ring (bicyclic) bond motifs is 2. The van der Waals surface area contributed by atoms with Crippen LogP contribution in [0.2, 0.25) is 5.02 Å². The number of piperidine rings is 3. The van der Waals surface area contributed by atoms with Crippen LogP contribution in [-0.2, 0) is 16.1 Å². The van der Waals surface area contributed by atoms with Gasteiger partial charge in [-0.25, -0.2) is 4.98 Å². The average Bonchev–Trinajstić information content (AvgIpc) is 3.83. The van der Waals surface area contributed by atoms with E-state index in [4.69, 9.17) is 11.6 Å². The van der Waals surface area contributed by atoms with Gasteiger partial charge in [-0.3, -0.25) is 29.4 Å². The number of amides is 4. The van der Waals surface area contributed by atoms with Crippen molar-refractivity contribution in [2.24, 2.45) is 5.92 Å². The quantitative estimate of drug-likeness (QED) is 0.220. The molecule has 14 nitrogen and oxygen atoms in total. The summed E-state index contributed by atoms with van der Waals surface area (Å²) in [5, 5.41) is 16.4. The molecule has 0 spiro atoms. The third kappa shape index (κ3) is 7.44. The van der Waals surface area contributed by atoms with Crippen LogP contribution >= 0.6 is 11.6 Å². The predicted molar refractivity (Wildman–Crippen MR) is 221 cm³/mol. The zero-order valence-electron chi connectivity index (χ0n) is 32.4. The van der Waals surface area contributed by atoms with Gasteiger partial charge in [0.2, 0.25) is 11.8 Å². The Balaban J connectivity index is 0.705. The van der Waals surface area contributed by atoms with Crippen LogP contribution < -0.4 is 25.3 Å². The van der Waals surface area contributed by atoms with Crippen molar-refractivity contribution >= 4 is 63.2 Å². The Morgan fingerprint density at radius 2 is 1.62 bits per heavy atom. The van der Waals surface area contributed by atoms with E-state index < -0.39 is 6.04 Å². The Labute approximate surface area is 342 Å². The molecule has 5 aliphatic rings. The van der Waals surface area contributed by atoms with Gasteiger partial charge in [0.25, 0.3) is 11.8 Å². The molecule has 15 heteroatoms. The van der Waals surface area contributed by atoms with Crippen molar-refractivity contribution in [1.82, 2.24) is 30.4 Å². The fourth-order valence-corrected chi connectivity index (χ4v) is 9.72. The monoisotopic (exact) mass is 802 g/mol. The number of H-pyrrole nitrogens is 1. The van der Waals surface area contributed by atoms with Crippen molar-refractivity contribution in [2.75, 3.05) is 73.6 Å². The van der Waals surface area contributed by atoms with Gasteiger partial charge in [0.1, 0.15) is 17.8 Å². The van der Waals surface area contributed by atoms with E-state index >= 15 is 0 Å². The van der Waals surface area contributed by atoms with Gasteiger partial charge < -0.3 is 29.9 Å². The second-order valence-electron chi connectivity index (χ2n) is 16.2. The molecule has 1 unspecified atom stereocenters. The van der Waals surface area contributed by atoms with Crippen molar-refractivity contribution < 1.29 is 19.2 Å². The van der Waals surface area contributed by atoms with E-state index in [2.05, 4.69) is 52.3 Å². The molecule has 300 valence electrons. The first-order valence-corrected chi connectivity index (χ1v) is 20.8. The number of benzene rings is 2. The molecule has 7 heterocycles. The molecule has 1 atom stereocenters. The number of aromatic amines is 1. The summed E-state index contributed by atoms with van der Waals surface area (Å²) in [6.07, 6.45) is 7.96. The van der Waals surface area contributed by atoms with Gasteiger partial charge in [-0.05, 0) is 86.1 Å². The van der Waals surface area contributed by atoms with Gasteiger partial charge >= 0.3 is 0 Å². The van der Waals surface area contributed by atoms with Crippen LogP contribution in [0, 0.1) is 17.2 Å². The number of halogens is 1. The Hall–Kier alpha value is -5.65. The molecule has 5 aliphatic heterocycles. The van der Waals surface area contributed by atoms with E-state index in [0.29, 0.717) is 40.7 Å². The number of nitrogens with one attached hydrogen (secondary N) is 3. The number of aromatic nitrogens is 2. The highest BCUT2D eigenvalue weighted by Crippen LogP contribution is 2.35. The molecule has 4 saturated heterocycles. The van der Waals surface area contributed by atoms with Gasteiger partial charge in [0, 0.05) is 101 Å². The number of hydrogen-bond donors (Lipinski definition) is 3. The van der Waals surface area contributed by atoms with Crippen LogP contribution in [0.5, 0.6) is 0 Å². The highest BCUT2D eigenvalue weighted by molar-refractivity contribution is 6.36. The van der Waals surface area contributed by atoms with Crippen molar-refractivity contribution in [3.05, 3.63) is 82.3 Å². The van der Waals surface area contributed by atoms with Gasteiger partial charge in [-0.1, -0.05) is 11.6 Å². The smallest absolute Gasteiger partial charge is 0.270 e. The van der Waals surface area contributed by atoms with E-state index in [1.54, 1.807) is 11.1 Å². The molecule has 9 rings (SSSR count). The van der Waals surface area contributed by atoms with Crippen LogP contribution in [0.25, 0.3) is 10.9 Å². The fourth-order valence-electron chi connectivity index (χ4n) is 9.46. The van der Waals surface area contributed by atoms with Gasteiger partial charge in [-0.2, -0.15) is 5.26 Å². The lowest BCUT2D eigenvalue weighted by Crippen LogP contribution is -2.52. The molecule has 2 aromatic carbocycles. The summed E-state index contributed by atoms with van der Waals surface area (Å²) in [7, 11) is 0. The predicted octanol–water partition coefficient (Wildman–Crippen LogP) is 4.29. The van der Waals surface area contributed by atoms with E-state index in [-0.39, 0.29) is 36.1 Å². The Kier molecular flexibility index (Phi) is 10.4. The molecule has 2 aromatic heterocycles. The van der Waals surface area contributed by atoms with Crippen LogP contribution in [0.3, 0.4) is 0 Å². The zero-order chi connectivity index (χ0) is 39.9. The summed E-state index contributed by atoms with van der Waals surface area (Å²) in [5.41, 5.74) is 6.58. The number of carbonyl (C=O) groups is 4. The van der Waals surface area contributed by atoms with Crippen LogP contribution in [0.4, 0.5) is 17.1 Å². The third-order valence-corrected chi connectivity index (χ3v) is 13.1. The molecular formula is C43H47ClN10O4. The summed E-state index contributed by atoms with van der Waals surface area (Å²) in [4.78, 5) is 69.4. The first-order valence-electron chi connectivity index (χ1n) is 20.4. The minimum atomic E-state index is -0.602. The first kappa shape index (κ1) is 37.9. The second kappa shape index (κ2) is 15.9. The van der Waals surface area contributed by atoms with Gasteiger partial charge in [0.05, 0.1) is 33.7 Å². The van der Waals surface area contributed by atoms with Crippen LogP contribution in [0.1, 0.15) is 70.5 Å². The fraction of sp³-hybridized carbons (Fsp3) is 0.442. The number of pyridine rings is 1. The number of piperazine rings is 1. The molecule has 58 heavy (non-hydrogen) atoms. The lowest BCUT2D eigenvalue weighted by molar-refractivity contribution is -0.136. The molecule has 4 aromatic rings. The topological polar surface area (TPSA) is 161 Å². The number of carbonyl (C=O) groups excluding carboxylic acids is 4. The molecule has 3 N–H and O–H groups in total. The maximum atomic E-state index is 13.2. The van der Waals surface area contributed by atoms with Crippen molar-refractivity contribution in [2.45, 2.75) is 57.2 Å². The average molecular weight is 803 g/mol. The highest BCUT2D eigenvalue weighted by Gasteiger charge is 2.39. The van der Waals surface area contributed by atoms with Crippen molar-refractivity contribution in [3.8, 4) is 6.07 Å². The van der Waals surface area contributed by atoms with E-state index in [1.807, 2.05) is 42.6 Å². The zero-order valence-corrected chi connectivity index (χ0v) is 33.1. The molecule has 0 saturated carbocycles. The number of rotatable bonds is 8.